The summed E-state index contributed by atoms with van der Waals surface area (Å²) < 4.78 is 5.34. The fourth-order valence-corrected chi connectivity index (χ4v) is 5.26. The van der Waals surface area contributed by atoms with Gasteiger partial charge in [0.15, 0.2) is 11.9 Å². The average Bonchev–Trinajstić information content (AvgIpc) is 2.72. The molecule has 1 saturated heterocycles. The molecule has 3 aliphatic carbocycles. The minimum atomic E-state index is -0.403. The normalized spacial score (nSPS) is 60.5. The van der Waals surface area contributed by atoms with Crippen molar-refractivity contribution in [1.82, 2.24) is 0 Å². The largest absolute Gasteiger partial charge is 0.453 e. The van der Waals surface area contributed by atoms with Crippen LogP contribution in [0.1, 0.15) is 20.8 Å². The van der Waals surface area contributed by atoms with Gasteiger partial charge in [-0.1, -0.05) is 20.8 Å². The molecular weight excluding hydrogens is 204 g/mol. The van der Waals surface area contributed by atoms with E-state index >= 15 is 0 Å². The zero-order chi connectivity index (χ0) is 11.4. The number of rotatable bonds is 1. The van der Waals surface area contributed by atoms with Crippen molar-refractivity contribution in [2.24, 2.45) is 40.9 Å². The molecule has 4 rings (SSSR count). The number of ether oxygens (including phenoxy) is 1. The SMILES string of the molecule is CC(C)[C@H]1[C@@H]2[C@@H]3C(=O)[C@@H]4OC(=O)[C@H]1[C@]4(C)[C@@H]32. The first-order valence-corrected chi connectivity index (χ1v) is 6.23. The Labute approximate surface area is 94.5 Å². The number of carbonyl (C=O) groups is 2. The van der Waals surface area contributed by atoms with Gasteiger partial charge in [0.2, 0.25) is 0 Å². The Bertz CT molecular complexity index is 427. The standard InChI is InChI=1S/C13H16O3/c1-4(2)5-6-7-8(6)13(3)9(5)12(15)16-11(13)10(7)14/h4-9,11H,1-3H3/t5-,6+,7-,8+,9-,11-,13-/m0/s1. The van der Waals surface area contributed by atoms with Gasteiger partial charge < -0.3 is 4.74 Å². The van der Waals surface area contributed by atoms with Crippen molar-refractivity contribution in [3.63, 3.8) is 0 Å². The van der Waals surface area contributed by atoms with E-state index in [1.807, 2.05) is 0 Å². The van der Waals surface area contributed by atoms with Gasteiger partial charge in [-0.15, -0.1) is 0 Å². The lowest BCUT2D eigenvalue weighted by Crippen LogP contribution is -2.33. The molecule has 0 unspecified atom stereocenters. The summed E-state index contributed by atoms with van der Waals surface area (Å²) in [4.78, 5) is 24.1. The molecule has 0 amide bonds. The van der Waals surface area contributed by atoms with E-state index < -0.39 is 6.10 Å². The van der Waals surface area contributed by atoms with Crippen LogP contribution in [0.3, 0.4) is 0 Å². The first-order valence-electron chi connectivity index (χ1n) is 6.23. The summed E-state index contributed by atoms with van der Waals surface area (Å²) in [7, 11) is 0. The number of Topliss-reactive ketones (excluding diaryl/α,β-unsaturated/α-hetero) is 1. The Morgan fingerprint density at radius 1 is 1.31 bits per heavy atom. The van der Waals surface area contributed by atoms with E-state index in [1.54, 1.807) is 0 Å². The second-order valence-electron chi connectivity index (χ2n) is 6.51. The molecule has 3 nitrogen and oxygen atoms in total. The monoisotopic (exact) mass is 220 g/mol. The molecule has 3 heteroatoms. The van der Waals surface area contributed by atoms with E-state index in [0.29, 0.717) is 23.7 Å². The highest BCUT2D eigenvalue weighted by Crippen LogP contribution is 2.80. The summed E-state index contributed by atoms with van der Waals surface area (Å²) in [6, 6.07) is 0. The molecule has 0 bridgehead atoms. The molecular formula is C13H16O3. The summed E-state index contributed by atoms with van der Waals surface area (Å²) >= 11 is 0. The lowest BCUT2D eigenvalue weighted by atomic mass is 9.71. The lowest BCUT2D eigenvalue weighted by molar-refractivity contribution is -0.152. The zero-order valence-corrected chi connectivity index (χ0v) is 9.77. The van der Waals surface area contributed by atoms with Crippen LogP contribution in [-0.4, -0.2) is 17.9 Å². The fourth-order valence-electron chi connectivity index (χ4n) is 5.26. The highest BCUT2D eigenvalue weighted by Gasteiger charge is 2.86. The minimum Gasteiger partial charge on any atom is -0.453 e. The predicted molar refractivity (Wildman–Crippen MR) is 55.3 cm³/mol. The molecule has 86 valence electrons. The van der Waals surface area contributed by atoms with Crippen molar-refractivity contribution in [3.05, 3.63) is 0 Å². The van der Waals surface area contributed by atoms with Crippen LogP contribution in [0.25, 0.3) is 0 Å². The minimum absolute atomic E-state index is 0.00444. The maximum atomic E-state index is 12.1. The Kier molecular flexibility index (Phi) is 1.28. The van der Waals surface area contributed by atoms with Crippen LogP contribution in [0.5, 0.6) is 0 Å². The lowest BCUT2D eigenvalue weighted by Gasteiger charge is -2.27. The molecule has 0 N–H and O–H groups in total. The third-order valence-electron chi connectivity index (χ3n) is 5.70. The molecule has 0 spiro atoms. The summed E-state index contributed by atoms with van der Waals surface area (Å²) in [5.74, 6) is 2.13. The van der Waals surface area contributed by atoms with Gasteiger partial charge >= 0.3 is 5.97 Å². The quantitative estimate of drug-likeness (QED) is 0.625. The number of hydrogen-bond acceptors (Lipinski definition) is 3. The van der Waals surface area contributed by atoms with Crippen molar-refractivity contribution in [3.8, 4) is 0 Å². The Morgan fingerprint density at radius 3 is 2.62 bits per heavy atom. The molecule has 0 aromatic carbocycles. The Hall–Kier alpha value is -0.860. The zero-order valence-electron chi connectivity index (χ0n) is 9.77. The smallest absolute Gasteiger partial charge is 0.310 e. The molecule has 3 saturated carbocycles. The highest BCUT2D eigenvalue weighted by atomic mass is 16.6. The first kappa shape index (κ1) is 9.20. The molecule has 0 aromatic rings. The van der Waals surface area contributed by atoms with Crippen molar-refractivity contribution >= 4 is 11.8 Å². The van der Waals surface area contributed by atoms with Gasteiger partial charge in [0.1, 0.15) is 0 Å². The molecule has 16 heavy (non-hydrogen) atoms. The summed E-state index contributed by atoms with van der Waals surface area (Å²) in [5.41, 5.74) is -0.154. The number of carbonyl (C=O) groups excluding carboxylic acids is 2. The molecule has 4 fully saturated rings. The van der Waals surface area contributed by atoms with Crippen molar-refractivity contribution in [1.29, 1.82) is 0 Å². The molecule has 4 aliphatic rings. The average molecular weight is 220 g/mol. The van der Waals surface area contributed by atoms with Gasteiger partial charge in [-0.2, -0.15) is 0 Å². The van der Waals surface area contributed by atoms with E-state index in [4.69, 9.17) is 4.74 Å². The second-order valence-corrected chi connectivity index (χ2v) is 6.51. The van der Waals surface area contributed by atoms with E-state index in [0.717, 1.165) is 0 Å². The van der Waals surface area contributed by atoms with E-state index in [-0.39, 0.29) is 29.0 Å². The fraction of sp³-hybridized carbons (Fsp3) is 0.846. The Morgan fingerprint density at radius 2 is 2.00 bits per heavy atom. The van der Waals surface area contributed by atoms with Crippen LogP contribution >= 0.6 is 0 Å². The van der Waals surface area contributed by atoms with Gasteiger partial charge in [-0.25, -0.2) is 0 Å². The molecule has 1 heterocycles. The summed E-state index contributed by atoms with van der Waals surface area (Å²) in [5, 5.41) is 0. The predicted octanol–water partition coefficient (Wildman–Crippen LogP) is 1.27. The van der Waals surface area contributed by atoms with E-state index in [1.165, 1.54) is 0 Å². The van der Waals surface area contributed by atoms with Crippen molar-refractivity contribution in [2.45, 2.75) is 26.9 Å². The van der Waals surface area contributed by atoms with Gasteiger partial charge in [0.25, 0.3) is 0 Å². The van der Waals surface area contributed by atoms with Gasteiger partial charge in [0, 0.05) is 11.3 Å². The van der Waals surface area contributed by atoms with Crippen LogP contribution in [-0.2, 0) is 14.3 Å². The number of esters is 1. The second kappa shape index (κ2) is 2.22. The van der Waals surface area contributed by atoms with Gasteiger partial charge in [-0.05, 0) is 23.7 Å². The molecule has 7 atom stereocenters. The summed E-state index contributed by atoms with van der Waals surface area (Å²) in [6.07, 6.45) is -0.403. The molecule has 0 aromatic heterocycles. The third kappa shape index (κ3) is 0.637. The summed E-state index contributed by atoms with van der Waals surface area (Å²) in [6.45, 7) is 6.44. The topological polar surface area (TPSA) is 43.4 Å². The van der Waals surface area contributed by atoms with Gasteiger partial charge in [-0.3, -0.25) is 9.59 Å². The van der Waals surface area contributed by atoms with Crippen LogP contribution < -0.4 is 0 Å². The number of hydrogen-bond donors (Lipinski definition) is 0. The van der Waals surface area contributed by atoms with Gasteiger partial charge in [0.05, 0.1) is 5.92 Å². The van der Waals surface area contributed by atoms with Crippen molar-refractivity contribution < 1.29 is 14.3 Å². The van der Waals surface area contributed by atoms with E-state index in [2.05, 4.69) is 20.8 Å². The van der Waals surface area contributed by atoms with Crippen LogP contribution in [0, 0.1) is 40.9 Å². The number of ketones is 1. The van der Waals surface area contributed by atoms with Crippen molar-refractivity contribution in [2.75, 3.05) is 0 Å². The third-order valence-corrected chi connectivity index (χ3v) is 5.70. The number of fused-ring (bicyclic) bond motifs is 1. The maximum Gasteiger partial charge on any atom is 0.310 e. The molecule has 1 aliphatic heterocycles. The van der Waals surface area contributed by atoms with Crippen LogP contribution in [0.15, 0.2) is 0 Å². The van der Waals surface area contributed by atoms with E-state index in [9.17, 15) is 9.59 Å². The maximum absolute atomic E-state index is 12.1. The van der Waals surface area contributed by atoms with Crippen LogP contribution in [0.2, 0.25) is 0 Å². The highest BCUT2D eigenvalue weighted by molar-refractivity contribution is 6.00. The Balaban J connectivity index is 1.90. The molecule has 0 radical (unpaired) electrons. The van der Waals surface area contributed by atoms with Crippen LogP contribution in [0.4, 0.5) is 0 Å². The first-order chi connectivity index (χ1) is 7.49.